The number of fused-ring (bicyclic) bond motifs is 1. The molecule has 3 fully saturated rings. The van der Waals surface area contributed by atoms with Crippen LogP contribution in [0.2, 0.25) is 0 Å². The average molecular weight is 888 g/mol. The number of hydrogen-bond donors (Lipinski definition) is 2. The highest BCUT2D eigenvalue weighted by Crippen LogP contribution is 2.43. The number of carbonyl (C=O) groups excluding carboxylic acids is 5. The summed E-state index contributed by atoms with van der Waals surface area (Å²) < 4.78 is 13.3. The number of aryl methyl sites for hydroxylation is 1. The Bertz CT molecular complexity index is 2440. The predicted molar refractivity (Wildman–Crippen MR) is 250 cm³/mol. The van der Waals surface area contributed by atoms with Crippen molar-refractivity contribution in [2.45, 2.75) is 91.3 Å². The maximum Gasteiger partial charge on any atom is 0.293 e. The first-order valence-electron chi connectivity index (χ1n) is 22.9. The highest BCUT2D eigenvalue weighted by molar-refractivity contribution is 5.97. The summed E-state index contributed by atoms with van der Waals surface area (Å²) in [5, 5.41) is 5.81. The van der Waals surface area contributed by atoms with Gasteiger partial charge in [-0.05, 0) is 97.5 Å². The van der Waals surface area contributed by atoms with Gasteiger partial charge in [0, 0.05) is 81.4 Å². The Balaban J connectivity index is 1.21. The highest BCUT2D eigenvalue weighted by Gasteiger charge is 2.54. The van der Waals surface area contributed by atoms with Gasteiger partial charge in [0.2, 0.25) is 17.7 Å². The minimum atomic E-state index is -0.909. The number of hydrogen-bond acceptors (Lipinski definition) is 9. The van der Waals surface area contributed by atoms with E-state index in [0.29, 0.717) is 58.5 Å². The van der Waals surface area contributed by atoms with E-state index in [1.165, 1.54) is 6.08 Å². The molecule has 14 heteroatoms. The first-order valence-corrected chi connectivity index (χ1v) is 22.9. The Labute approximate surface area is 382 Å². The molecule has 0 bridgehead atoms. The number of amides is 4. The third-order valence-electron chi connectivity index (χ3n) is 13.6. The number of aromatic nitrogens is 2. The van der Waals surface area contributed by atoms with Gasteiger partial charge in [0.15, 0.2) is 0 Å². The van der Waals surface area contributed by atoms with E-state index in [1.54, 1.807) is 28.1 Å². The van der Waals surface area contributed by atoms with E-state index >= 15 is 0 Å². The number of nitrogens with zero attached hydrogens (tertiary/aromatic N) is 5. The first-order chi connectivity index (χ1) is 31.1. The van der Waals surface area contributed by atoms with Crippen molar-refractivity contribution in [2.75, 3.05) is 46.4 Å². The molecule has 0 saturated carbocycles. The lowest BCUT2D eigenvalue weighted by molar-refractivity contribution is -0.146. The van der Waals surface area contributed by atoms with E-state index in [2.05, 4.69) is 73.1 Å². The van der Waals surface area contributed by atoms with Crippen LogP contribution in [0.1, 0.15) is 83.2 Å². The Morgan fingerprint density at radius 1 is 1.02 bits per heavy atom. The summed E-state index contributed by atoms with van der Waals surface area (Å²) in [5.41, 5.74) is 9.82. The number of likely N-dealkylation sites (tertiary alicyclic amines) is 2. The zero-order valence-corrected chi connectivity index (χ0v) is 39.0. The smallest absolute Gasteiger partial charge is 0.293 e. The number of methoxy groups -OCH3 is 1. The summed E-state index contributed by atoms with van der Waals surface area (Å²) in [6, 6.07) is 16.8. The number of carbonyl (C=O) groups is 5. The predicted octanol–water partition coefficient (Wildman–Crippen LogP) is 6.17. The minimum Gasteiger partial charge on any atom is -0.467 e. The summed E-state index contributed by atoms with van der Waals surface area (Å²) >= 11 is 0. The summed E-state index contributed by atoms with van der Waals surface area (Å²) in [6.07, 6.45) is 6.53. The minimum absolute atomic E-state index is 0.118. The number of nitrogens with one attached hydrogen (secondary N) is 2. The van der Waals surface area contributed by atoms with Crippen LogP contribution in [0.3, 0.4) is 0 Å². The molecule has 1 spiro atoms. The van der Waals surface area contributed by atoms with E-state index in [0.717, 1.165) is 62.9 Å². The second-order valence-corrected chi connectivity index (χ2v) is 19.2. The van der Waals surface area contributed by atoms with Crippen molar-refractivity contribution in [2.24, 2.45) is 23.8 Å². The van der Waals surface area contributed by atoms with Gasteiger partial charge in [0.1, 0.15) is 12.1 Å². The lowest BCUT2D eigenvalue weighted by atomic mass is 9.84. The monoisotopic (exact) mass is 887 g/mol. The molecule has 2 N–H and O–H groups in total. The van der Waals surface area contributed by atoms with Gasteiger partial charge in [0.05, 0.1) is 29.5 Å². The Kier molecular flexibility index (Phi) is 14.3. The van der Waals surface area contributed by atoms with E-state index in [1.807, 2.05) is 45.0 Å². The van der Waals surface area contributed by atoms with Crippen molar-refractivity contribution < 1.29 is 33.4 Å². The molecule has 2 aromatic carbocycles. The highest BCUT2D eigenvalue weighted by atomic mass is 16.5. The summed E-state index contributed by atoms with van der Waals surface area (Å²) in [7, 11) is 3.74. The third-order valence-corrected chi connectivity index (χ3v) is 13.6. The lowest BCUT2D eigenvalue weighted by Gasteiger charge is -2.35. The van der Waals surface area contributed by atoms with Gasteiger partial charge in [-0.3, -0.25) is 34.0 Å². The average Bonchev–Trinajstić information content (AvgIpc) is 3.97. The molecular weight excluding hydrogens is 823 g/mol. The van der Waals surface area contributed by atoms with E-state index in [9.17, 15) is 24.0 Å². The van der Waals surface area contributed by atoms with Gasteiger partial charge in [-0.25, -0.2) is 5.43 Å². The SMILES string of the molecule is C=CC(=O)N1CCC2(CCN([C@H](C(=O)N[C@@H](Cc3cccc(-c4ccc5c(c4)c(CC(C)(C)COC=O)c(-c4cccnc4[C@H](C)OC)n5C)c3)C(=O)N3CCCCN3)C(C)C)C2=O)C1. The van der Waals surface area contributed by atoms with Crippen molar-refractivity contribution in [3.05, 3.63) is 90.3 Å². The van der Waals surface area contributed by atoms with Gasteiger partial charge in [-0.2, -0.15) is 0 Å². The molecule has 0 radical (unpaired) electrons. The van der Waals surface area contributed by atoms with Crippen LogP contribution in [-0.2, 0) is 53.3 Å². The molecule has 3 aliphatic heterocycles. The summed E-state index contributed by atoms with van der Waals surface area (Å²) in [6.45, 7) is 16.7. The molecule has 65 heavy (non-hydrogen) atoms. The molecule has 3 aliphatic rings. The fourth-order valence-electron chi connectivity index (χ4n) is 10.2. The molecule has 7 rings (SSSR count). The molecule has 14 nitrogen and oxygen atoms in total. The van der Waals surface area contributed by atoms with Gasteiger partial charge in [-0.1, -0.05) is 64.6 Å². The molecule has 3 saturated heterocycles. The van der Waals surface area contributed by atoms with Gasteiger partial charge in [-0.15, -0.1) is 0 Å². The maximum atomic E-state index is 14.5. The normalized spacial score (nSPS) is 19.2. The summed E-state index contributed by atoms with van der Waals surface area (Å²) in [4.78, 5) is 75.0. The molecular formula is C51H65N7O7. The molecule has 4 aromatic rings. The number of hydrazine groups is 1. The molecule has 1 unspecified atom stereocenters. The van der Waals surface area contributed by atoms with E-state index in [-0.39, 0.29) is 48.7 Å². The lowest BCUT2D eigenvalue weighted by Crippen LogP contribution is -2.59. The topological polar surface area (TPSA) is 155 Å². The van der Waals surface area contributed by atoms with Gasteiger partial charge < -0.3 is 29.2 Å². The number of benzene rings is 2. The molecule has 4 atom stereocenters. The van der Waals surface area contributed by atoms with Crippen LogP contribution in [0.25, 0.3) is 33.3 Å². The molecule has 4 amide bonds. The first kappa shape index (κ1) is 47.1. The van der Waals surface area contributed by atoms with E-state index < -0.39 is 22.9 Å². The van der Waals surface area contributed by atoms with Crippen LogP contribution in [0.5, 0.6) is 0 Å². The fourth-order valence-corrected chi connectivity index (χ4v) is 10.2. The van der Waals surface area contributed by atoms with Crippen LogP contribution >= 0.6 is 0 Å². The Morgan fingerprint density at radius 3 is 2.49 bits per heavy atom. The van der Waals surface area contributed by atoms with Crippen molar-refractivity contribution in [1.82, 2.24) is 35.1 Å². The fraction of sp³-hybridized carbons (Fsp3) is 0.490. The van der Waals surface area contributed by atoms with Gasteiger partial charge in [0.25, 0.3) is 12.4 Å². The number of rotatable bonds is 17. The van der Waals surface area contributed by atoms with Crippen LogP contribution in [-0.4, -0.2) is 113 Å². The van der Waals surface area contributed by atoms with Gasteiger partial charge >= 0.3 is 0 Å². The quantitative estimate of drug-likeness (QED) is 0.0936. The summed E-state index contributed by atoms with van der Waals surface area (Å²) in [5.74, 6) is -1.15. The zero-order chi connectivity index (χ0) is 46.6. The molecule has 0 aliphatic carbocycles. The molecule has 346 valence electrons. The maximum absolute atomic E-state index is 14.5. The van der Waals surface area contributed by atoms with Crippen molar-refractivity contribution in [1.29, 1.82) is 0 Å². The number of ether oxygens (including phenoxy) is 2. The van der Waals surface area contributed by atoms with Crippen LogP contribution in [0.4, 0.5) is 0 Å². The second kappa shape index (κ2) is 19.7. The molecule has 2 aromatic heterocycles. The largest absolute Gasteiger partial charge is 0.467 e. The second-order valence-electron chi connectivity index (χ2n) is 19.2. The standard InChI is InChI=1S/C51H65N7O7/c1-9-43(60)56-24-19-51(30-56)20-25-57(49(51)63)45(33(2)3)47(61)54-41(48(62)58-23-11-10-22-53-58)27-35-14-12-15-36(26-35)37-17-18-42-39(28-37)40(29-50(5,6)31-65-32-59)46(55(42)7)38-16-13-21-52-44(38)34(4)64-8/h9,12-18,21,26,28,32-34,41,45,53H,1,10-11,19-20,22-25,27,29-31H2,2-8H3,(H,54,61)/t34-,41-,45-,51?/m0/s1. The molecule has 5 heterocycles. The van der Waals surface area contributed by atoms with Crippen molar-refractivity contribution in [3.63, 3.8) is 0 Å². The third kappa shape index (κ3) is 9.74. The van der Waals surface area contributed by atoms with Crippen LogP contribution in [0, 0.1) is 16.7 Å². The number of pyridine rings is 1. The van der Waals surface area contributed by atoms with Crippen molar-refractivity contribution >= 4 is 41.0 Å². The van der Waals surface area contributed by atoms with Crippen LogP contribution < -0.4 is 10.7 Å². The zero-order valence-electron chi connectivity index (χ0n) is 39.0. The Hall–Kier alpha value is -5.86. The van der Waals surface area contributed by atoms with Crippen molar-refractivity contribution in [3.8, 4) is 22.4 Å². The van der Waals surface area contributed by atoms with Crippen LogP contribution in [0.15, 0.2) is 73.4 Å². The Morgan fingerprint density at radius 2 is 1.78 bits per heavy atom. The van der Waals surface area contributed by atoms with E-state index in [4.69, 9.17) is 14.5 Å².